The van der Waals surface area contributed by atoms with Gasteiger partial charge in [-0.3, -0.25) is 9.59 Å². The summed E-state index contributed by atoms with van der Waals surface area (Å²) in [7, 11) is -1.79. The maximum absolute atomic E-state index is 13.3. The minimum Gasteiger partial charge on any atom is -0.358 e. The number of fused-ring (bicyclic) bond motifs is 1. The van der Waals surface area contributed by atoms with Crippen molar-refractivity contribution in [2.45, 2.75) is 24.5 Å². The Balaban J connectivity index is 0.00000370. The van der Waals surface area contributed by atoms with E-state index in [1.54, 1.807) is 30.3 Å². The molecule has 1 aromatic heterocycles. The number of aromatic amines is 1. The van der Waals surface area contributed by atoms with Gasteiger partial charge in [0.15, 0.2) is 9.84 Å². The zero-order valence-electron chi connectivity index (χ0n) is 21.8. The fraction of sp³-hybridized carbons (Fsp3) is 0.286. The molecule has 5 rings (SSSR count). The number of amides is 2. The molecule has 2 N–H and O–H groups in total. The number of nitrogens with one attached hydrogen (secondary N) is 2. The number of anilines is 1. The monoisotopic (exact) mass is 588 g/mol. The van der Waals surface area contributed by atoms with Crippen LogP contribution in [0.1, 0.15) is 39.9 Å². The van der Waals surface area contributed by atoms with Crippen molar-refractivity contribution in [3.8, 4) is 0 Å². The molecule has 0 saturated carbocycles. The van der Waals surface area contributed by atoms with Gasteiger partial charge in [-0.25, -0.2) is 8.42 Å². The summed E-state index contributed by atoms with van der Waals surface area (Å²) in [6, 6.07) is 9.35. The van der Waals surface area contributed by atoms with Crippen molar-refractivity contribution >= 4 is 62.2 Å². The van der Waals surface area contributed by atoms with Gasteiger partial charge in [-0.15, -0.1) is 0 Å². The van der Waals surface area contributed by atoms with Gasteiger partial charge in [0.25, 0.3) is 11.8 Å². The summed E-state index contributed by atoms with van der Waals surface area (Å²) in [5.41, 5.74) is 4.27. The smallest absolute Gasteiger partial charge is 0.256 e. The van der Waals surface area contributed by atoms with Crippen molar-refractivity contribution in [3.05, 3.63) is 80.1 Å². The maximum Gasteiger partial charge on any atom is 0.256 e. The number of halogens is 2. The number of rotatable bonds is 5. The molecule has 0 spiro atoms. The third-order valence-corrected chi connectivity index (χ3v) is 9.65. The van der Waals surface area contributed by atoms with E-state index in [4.69, 9.17) is 23.2 Å². The Kier molecular flexibility index (Phi) is 7.37. The second-order valence-electron chi connectivity index (χ2n) is 9.94. The zero-order valence-corrected chi connectivity index (χ0v) is 24.1. The number of carbonyl (C=O) groups excluding carboxylic acids is 2. The zero-order chi connectivity index (χ0) is 28.1. The second-order valence-corrected chi connectivity index (χ2v) is 12.7. The number of nitrogens with zero attached hydrogens (tertiary/aromatic N) is 2. The van der Waals surface area contributed by atoms with Gasteiger partial charge in [0.1, 0.15) is 0 Å². The Bertz CT molecular complexity index is 1620. The molecule has 8 nitrogen and oxygen atoms in total. The van der Waals surface area contributed by atoms with E-state index in [1.165, 1.54) is 12.1 Å². The molecule has 11 heteroatoms. The van der Waals surface area contributed by atoms with Crippen LogP contribution in [0.5, 0.6) is 0 Å². The van der Waals surface area contributed by atoms with Gasteiger partial charge >= 0.3 is 0 Å². The van der Waals surface area contributed by atoms with Gasteiger partial charge in [-0.05, 0) is 62.9 Å². The quantitative estimate of drug-likeness (QED) is 0.406. The number of H-pyrrole nitrogens is 1. The van der Waals surface area contributed by atoms with E-state index in [2.05, 4.69) is 15.2 Å². The second kappa shape index (κ2) is 10.5. The van der Waals surface area contributed by atoms with Gasteiger partial charge in [-0.2, -0.15) is 0 Å². The van der Waals surface area contributed by atoms with Crippen LogP contribution < -0.4 is 5.32 Å². The van der Waals surface area contributed by atoms with Gasteiger partial charge in [0.2, 0.25) is 0 Å². The normalized spacial score (nSPS) is 17.0. The molecular weight excluding hydrogens is 559 g/mol. The number of aryl methyl sites for hydroxylation is 1. The first-order chi connectivity index (χ1) is 18.5. The summed E-state index contributed by atoms with van der Waals surface area (Å²) in [6.07, 6.45) is 1.67. The Morgan fingerprint density at radius 1 is 1.08 bits per heavy atom. The fourth-order valence-electron chi connectivity index (χ4n) is 5.00. The van der Waals surface area contributed by atoms with Crippen LogP contribution in [0, 0.1) is 13.8 Å². The molecule has 39 heavy (non-hydrogen) atoms. The van der Waals surface area contributed by atoms with Crippen molar-refractivity contribution in [2.24, 2.45) is 0 Å². The van der Waals surface area contributed by atoms with Crippen LogP contribution in [-0.4, -0.2) is 68.2 Å². The molecule has 2 aromatic carbocycles. The van der Waals surface area contributed by atoms with E-state index < -0.39 is 9.84 Å². The SMILES string of the molecule is Cc1[nH]c(/C=C2\C(=O)Nc3ccc(S(=O)(=O)Cc4c(Cl)cccc4Cl)cc32)c(C)c1C(=O)N1CCN(C)CC1.[HH]. The average molecular weight is 590 g/mol. The predicted octanol–water partition coefficient (Wildman–Crippen LogP) is 5.04. The van der Waals surface area contributed by atoms with Crippen molar-refractivity contribution in [1.29, 1.82) is 0 Å². The van der Waals surface area contributed by atoms with Crippen LogP contribution in [0.3, 0.4) is 0 Å². The van der Waals surface area contributed by atoms with Crippen LogP contribution in [-0.2, 0) is 20.4 Å². The summed E-state index contributed by atoms with van der Waals surface area (Å²) in [5.74, 6) is -0.772. The minimum atomic E-state index is -3.83. The largest absolute Gasteiger partial charge is 0.358 e. The first-order valence-electron chi connectivity index (χ1n) is 12.5. The number of carbonyl (C=O) groups is 2. The van der Waals surface area contributed by atoms with Crippen LogP contribution in [0.2, 0.25) is 10.0 Å². The molecule has 0 unspecified atom stereocenters. The third kappa shape index (κ3) is 5.24. The molecule has 0 bridgehead atoms. The molecule has 2 aliphatic heterocycles. The highest BCUT2D eigenvalue weighted by Gasteiger charge is 2.30. The molecule has 0 radical (unpaired) electrons. The lowest BCUT2D eigenvalue weighted by Crippen LogP contribution is -2.47. The highest BCUT2D eigenvalue weighted by Crippen LogP contribution is 2.37. The number of likely N-dealkylation sites (N-methyl/N-ethyl adjacent to an activating group) is 1. The summed E-state index contributed by atoms with van der Waals surface area (Å²) >= 11 is 12.4. The first kappa shape index (κ1) is 27.5. The topological polar surface area (TPSA) is 103 Å². The number of piperazine rings is 1. The molecule has 1 saturated heterocycles. The van der Waals surface area contributed by atoms with E-state index in [-0.39, 0.29) is 33.9 Å². The van der Waals surface area contributed by atoms with E-state index in [1.807, 2.05) is 25.8 Å². The van der Waals surface area contributed by atoms with E-state index in [0.717, 1.165) is 24.3 Å². The number of hydrogen-bond acceptors (Lipinski definition) is 5. The Hall–Kier alpha value is -3.11. The number of sulfone groups is 1. The molecule has 2 amide bonds. The summed E-state index contributed by atoms with van der Waals surface area (Å²) in [6.45, 7) is 6.63. The van der Waals surface area contributed by atoms with E-state index in [9.17, 15) is 18.0 Å². The van der Waals surface area contributed by atoms with E-state index in [0.29, 0.717) is 46.7 Å². The van der Waals surface area contributed by atoms with Gasteiger partial charge in [0, 0.05) is 65.9 Å². The van der Waals surface area contributed by atoms with Gasteiger partial charge < -0.3 is 20.1 Å². The first-order valence-corrected chi connectivity index (χ1v) is 14.9. The van der Waals surface area contributed by atoms with Crippen molar-refractivity contribution < 1.29 is 19.4 Å². The maximum atomic E-state index is 13.3. The Labute approximate surface area is 239 Å². The average Bonchev–Trinajstić information content (AvgIpc) is 3.35. The van der Waals surface area contributed by atoms with Crippen molar-refractivity contribution in [3.63, 3.8) is 0 Å². The van der Waals surface area contributed by atoms with Gasteiger partial charge in [-0.1, -0.05) is 29.3 Å². The molecule has 206 valence electrons. The Morgan fingerprint density at radius 2 is 1.74 bits per heavy atom. The lowest BCUT2D eigenvalue weighted by molar-refractivity contribution is -0.110. The number of benzene rings is 2. The summed E-state index contributed by atoms with van der Waals surface area (Å²) < 4.78 is 26.6. The number of aromatic nitrogens is 1. The predicted molar refractivity (Wildman–Crippen MR) is 156 cm³/mol. The number of hydrogen-bond donors (Lipinski definition) is 2. The van der Waals surface area contributed by atoms with E-state index >= 15 is 0 Å². The minimum absolute atomic E-state index is 0. The molecule has 3 aromatic rings. The van der Waals surface area contributed by atoms with Crippen molar-refractivity contribution in [1.82, 2.24) is 14.8 Å². The van der Waals surface area contributed by atoms with Crippen LogP contribution in [0.25, 0.3) is 11.6 Å². The summed E-state index contributed by atoms with van der Waals surface area (Å²) in [4.78, 5) is 33.6. The highest BCUT2D eigenvalue weighted by molar-refractivity contribution is 7.90. The van der Waals surface area contributed by atoms with Crippen LogP contribution in [0.4, 0.5) is 5.69 Å². The standard InChI is InChI=1S/C28H28Cl2N4O4S.H2/c1-16-25(31-17(2)26(16)28(36)34-11-9-33(3)10-12-34)14-20-19-13-18(7-8-24(19)32-27(20)35)39(37,38)15-21-22(29)5-4-6-23(21)30;/h4-8,13-14,31H,9-12,15H2,1-3H3,(H,32,35);1H/b20-14-;. The lowest BCUT2D eigenvalue weighted by atomic mass is 10.0. The molecule has 3 heterocycles. The Morgan fingerprint density at radius 3 is 2.41 bits per heavy atom. The molecule has 1 fully saturated rings. The lowest BCUT2D eigenvalue weighted by Gasteiger charge is -2.32. The van der Waals surface area contributed by atoms with Crippen LogP contribution >= 0.6 is 23.2 Å². The van der Waals surface area contributed by atoms with Crippen molar-refractivity contribution in [2.75, 3.05) is 38.5 Å². The highest BCUT2D eigenvalue weighted by atomic mass is 35.5. The molecular formula is C28H30Cl2N4O4S. The molecule has 0 atom stereocenters. The fourth-order valence-corrected chi connectivity index (χ4v) is 7.12. The third-order valence-electron chi connectivity index (χ3n) is 7.30. The van der Waals surface area contributed by atoms with Gasteiger partial charge in [0.05, 0.1) is 21.8 Å². The summed E-state index contributed by atoms with van der Waals surface area (Å²) in [5, 5.41) is 3.33. The molecule has 2 aliphatic rings. The molecule has 0 aliphatic carbocycles. The van der Waals surface area contributed by atoms with Crippen LogP contribution in [0.15, 0.2) is 41.3 Å².